The first-order valence-corrected chi connectivity index (χ1v) is 14.3. The highest BCUT2D eigenvalue weighted by Gasteiger charge is 2.41. The molecule has 45 heavy (non-hydrogen) atoms. The van der Waals surface area contributed by atoms with Crippen molar-refractivity contribution >= 4 is 0 Å². The summed E-state index contributed by atoms with van der Waals surface area (Å²) >= 11 is 0. The largest absolute Gasteiger partial charge is 0.432 e. The second kappa shape index (κ2) is 13.0. The molecule has 4 aromatic rings. The Labute approximate surface area is 254 Å². The SMILES string of the molecule is CCC=CC1CCC(c2ccc(-c3cc(F)c(C(F)(F)Oc4ccc(-c5cc(F)c(F)c(F)c5)c(F)c4)c(F)c3)c(F)c2)CC1. The smallest absolute Gasteiger partial charge is 0.429 e. The number of rotatable bonds is 8. The highest BCUT2D eigenvalue weighted by atomic mass is 19.3. The van der Waals surface area contributed by atoms with E-state index in [2.05, 4.69) is 23.8 Å². The molecule has 0 saturated heterocycles. The van der Waals surface area contributed by atoms with Gasteiger partial charge in [0.05, 0.1) is 0 Å². The molecule has 10 heteroatoms. The number of halogens is 9. The van der Waals surface area contributed by atoms with Crippen molar-refractivity contribution in [3.05, 3.63) is 125 Å². The van der Waals surface area contributed by atoms with Gasteiger partial charge in [-0.05, 0) is 103 Å². The summed E-state index contributed by atoms with van der Waals surface area (Å²) in [5.74, 6) is -10.7. The summed E-state index contributed by atoms with van der Waals surface area (Å²) in [6.45, 7) is 2.06. The second-order valence-corrected chi connectivity index (χ2v) is 11.0. The summed E-state index contributed by atoms with van der Waals surface area (Å²) in [5.41, 5.74) is -2.43. The zero-order valence-corrected chi connectivity index (χ0v) is 23.9. The maximum atomic E-state index is 15.2. The van der Waals surface area contributed by atoms with Crippen LogP contribution in [0.4, 0.5) is 39.5 Å². The normalized spacial score (nSPS) is 17.2. The summed E-state index contributed by atoms with van der Waals surface area (Å²) in [6, 6.07) is 8.47. The standard InChI is InChI=1S/C35H27F9O/c1-2-3-4-19-5-7-20(8-6-19)21-9-11-25(27(36)13-21)22-14-29(38)33(30(39)15-22)35(43,44)45-24-10-12-26(28(37)18-24)23-16-31(40)34(42)32(41)17-23/h3-4,9-20H,2,5-8H2,1H3. The first kappa shape index (κ1) is 32.2. The van der Waals surface area contributed by atoms with E-state index in [1.807, 2.05) is 0 Å². The fourth-order valence-electron chi connectivity index (χ4n) is 5.70. The van der Waals surface area contributed by atoms with Gasteiger partial charge in [0.1, 0.15) is 34.6 Å². The van der Waals surface area contributed by atoms with Gasteiger partial charge >= 0.3 is 6.11 Å². The number of alkyl halides is 2. The van der Waals surface area contributed by atoms with Crippen molar-refractivity contribution in [1.82, 2.24) is 0 Å². The molecule has 1 saturated carbocycles. The topological polar surface area (TPSA) is 9.23 Å². The molecule has 0 aromatic heterocycles. The van der Waals surface area contributed by atoms with Crippen molar-refractivity contribution in [2.75, 3.05) is 0 Å². The lowest BCUT2D eigenvalue weighted by atomic mass is 9.78. The van der Waals surface area contributed by atoms with Crippen molar-refractivity contribution < 1.29 is 44.3 Å². The zero-order valence-electron chi connectivity index (χ0n) is 23.9. The van der Waals surface area contributed by atoms with Crippen LogP contribution in [0.15, 0.2) is 72.8 Å². The molecule has 0 spiro atoms. The van der Waals surface area contributed by atoms with Gasteiger partial charge in [0.15, 0.2) is 17.5 Å². The van der Waals surface area contributed by atoms with Crippen LogP contribution in [0.5, 0.6) is 5.75 Å². The number of hydrogen-bond donors (Lipinski definition) is 0. The molecule has 4 aromatic carbocycles. The quantitative estimate of drug-likeness (QED) is 0.106. The molecular formula is C35H27F9O. The average Bonchev–Trinajstić information content (AvgIpc) is 2.98. The average molecular weight is 635 g/mol. The van der Waals surface area contributed by atoms with Crippen molar-refractivity contribution in [1.29, 1.82) is 0 Å². The van der Waals surface area contributed by atoms with Crippen LogP contribution < -0.4 is 4.74 Å². The van der Waals surface area contributed by atoms with Crippen LogP contribution in [-0.4, -0.2) is 0 Å². The van der Waals surface area contributed by atoms with Gasteiger partial charge in [-0.15, -0.1) is 0 Å². The van der Waals surface area contributed by atoms with E-state index in [0.29, 0.717) is 36.2 Å². The van der Waals surface area contributed by atoms with E-state index in [1.165, 1.54) is 12.1 Å². The highest BCUT2D eigenvalue weighted by Crippen LogP contribution is 2.40. The molecule has 5 rings (SSSR count). The predicted octanol–water partition coefficient (Wildman–Crippen LogP) is 11.4. The Balaban J connectivity index is 1.34. The highest BCUT2D eigenvalue weighted by molar-refractivity contribution is 5.66. The Morgan fingerprint density at radius 1 is 0.667 bits per heavy atom. The van der Waals surface area contributed by atoms with E-state index in [-0.39, 0.29) is 17.0 Å². The lowest BCUT2D eigenvalue weighted by Gasteiger charge is -2.27. The minimum absolute atomic E-state index is 0.128. The molecule has 0 amide bonds. The van der Waals surface area contributed by atoms with E-state index in [4.69, 9.17) is 0 Å². The molecule has 236 valence electrons. The minimum Gasteiger partial charge on any atom is -0.429 e. The van der Waals surface area contributed by atoms with Crippen molar-refractivity contribution in [2.45, 2.75) is 51.1 Å². The Bertz CT molecular complexity index is 1690. The molecule has 1 aliphatic carbocycles. The van der Waals surface area contributed by atoms with Gasteiger partial charge in [-0.2, -0.15) is 8.78 Å². The maximum Gasteiger partial charge on any atom is 0.432 e. The molecule has 0 unspecified atom stereocenters. The molecular weight excluding hydrogens is 607 g/mol. The monoisotopic (exact) mass is 634 g/mol. The predicted molar refractivity (Wildman–Crippen MR) is 152 cm³/mol. The van der Waals surface area contributed by atoms with E-state index in [9.17, 15) is 35.1 Å². The fraction of sp³-hybridized carbons (Fsp3) is 0.257. The van der Waals surface area contributed by atoms with Crippen LogP contribution in [0.2, 0.25) is 0 Å². The molecule has 0 heterocycles. The van der Waals surface area contributed by atoms with Crippen molar-refractivity contribution in [3.63, 3.8) is 0 Å². The van der Waals surface area contributed by atoms with Crippen molar-refractivity contribution in [2.24, 2.45) is 5.92 Å². The van der Waals surface area contributed by atoms with Crippen LogP contribution in [0.1, 0.15) is 56.1 Å². The van der Waals surface area contributed by atoms with E-state index in [1.54, 1.807) is 6.07 Å². The van der Waals surface area contributed by atoms with Crippen LogP contribution in [0.25, 0.3) is 22.3 Å². The van der Waals surface area contributed by atoms with Gasteiger partial charge < -0.3 is 4.74 Å². The number of hydrogen-bond acceptors (Lipinski definition) is 1. The lowest BCUT2D eigenvalue weighted by molar-refractivity contribution is -0.189. The van der Waals surface area contributed by atoms with E-state index < -0.39 is 69.3 Å². The van der Waals surface area contributed by atoms with Crippen LogP contribution in [0, 0.1) is 46.6 Å². The molecule has 0 radical (unpaired) electrons. The van der Waals surface area contributed by atoms with Gasteiger partial charge in [-0.3, -0.25) is 0 Å². The van der Waals surface area contributed by atoms with Gasteiger partial charge in [0, 0.05) is 17.2 Å². The van der Waals surface area contributed by atoms with Crippen LogP contribution in [-0.2, 0) is 6.11 Å². The summed E-state index contributed by atoms with van der Waals surface area (Å²) in [4.78, 5) is 0. The third kappa shape index (κ3) is 6.89. The summed E-state index contributed by atoms with van der Waals surface area (Å²) in [5, 5.41) is 0. The first-order chi connectivity index (χ1) is 21.4. The molecule has 0 atom stereocenters. The van der Waals surface area contributed by atoms with Gasteiger partial charge in [0.2, 0.25) is 0 Å². The molecule has 1 aliphatic rings. The number of ether oxygens (including phenoxy) is 1. The third-order valence-corrected chi connectivity index (χ3v) is 8.01. The van der Waals surface area contributed by atoms with Crippen LogP contribution in [0.3, 0.4) is 0 Å². The number of benzene rings is 4. The minimum atomic E-state index is -4.65. The summed E-state index contributed by atoms with van der Waals surface area (Å²) in [6.07, 6.45) is 4.29. The Morgan fingerprint density at radius 3 is 1.73 bits per heavy atom. The summed E-state index contributed by atoms with van der Waals surface area (Å²) in [7, 11) is 0. The fourth-order valence-corrected chi connectivity index (χ4v) is 5.70. The van der Waals surface area contributed by atoms with E-state index in [0.717, 1.165) is 49.8 Å². The molecule has 1 fully saturated rings. The molecule has 1 nitrogen and oxygen atoms in total. The second-order valence-electron chi connectivity index (χ2n) is 11.0. The van der Waals surface area contributed by atoms with Crippen LogP contribution >= 0.6 is 0 Å². The molecule has 0 N–H and O–H groups in total. The summed E-state index contributed by atoms with van der Waals surface area (Å²) < 4.78 is 135. The third-order valence-electron chi connectivity index (χ3n) is 8.01. The van der Waals surface area contributed by atoms with E-state index >= 15 is 4.39 Å². The zero-order chi connectivity index (χ0) is 32.5. The Hall–Kier alpha value is -4.21. The number of allylic oxidation sites excluding steroid dienone is 2. The lowest BCUT2D eigenvalue weighted by Crippen LogP contribution is -2.25. The Morgan fingerprint density at radius 2 is 1.20 bits per heavy atom. The van der Waals surface area contributed by atoms with Crippen molar-refractivity contribution in [3.8, 4) is 28.0 Å². The maximum absolute atomic E-state index is 15.2. The molecule has 0 aliphatic heterocycles. The molecule has 0 bridgehead atoms. The Kier molecular flexibility index (Phi) is 9.32. The van der Waals surface area contributed by atoms with Gasteiger partial charge in [-0.1, -0.05) is 31.2 Å². The first-order valence-electron chi connectivity index (χ1n) is 14.3. The van der Waals surface area contributed by atoms with Gasteiger partial charge in [-0.25, -0.2) is 30.7 Å². The van der Waals surface area contributed by atoms with Gasteiger partial charge in [0.25, 0.3) is 0 Å².